The van der Waals surface area contributed by atoms with Gasteiger partial charge in [0.05, 0.1) is 5.52 Å². The van der Waals surface area contributed by atoms with Gasteiger partial charge < -0.3 is 0 Å². The Morgan fingerprint density at radius 1 is 0.800 bits per heavy atom. The van der Waals surface area contributed by atoms with Crippen molar-refractivity contribution in [2.75, 3.05) is 0 Å². The van der Waals surface area contributed by atoms with Crippen LogP contribution in [0, 0.1) is 10.8 Å². The normalized spacial score (nSPS) is 12.9. The number of aromatic nitrogens is 1. The molecular formula is C19H27N. The van der Waals surface area contributed by atoms with Gasteiger partial charge in [-0.05, 0) is 46.9 Å². The molecule has 0 N–H and O–H groups in total. The zero-order valence-corrected chi connectivity index (χ0v) is 13.7. The fraction of sp³-hybridized carbons (Fsp3) is 0.526. The summed E-state index contributed by atoms with van der Waals surface area (Å²) in [7, 11) is 0. The van der Waals surface area contributed by atoms with E-state index >= 15 is 0 Å². The van der Waals surface area contributed by atoms with Gasteiger partial charge in [-0.3, -0.25) is 4.98 Å². The molecule has 2 aromatic rings. The summed E-state index contributed by atoms with van der Waals surface area (Å²) in [6.07, 6.45) is 4.20. The topological polar surface area (TPSA) is 12.9 Å². The number of nitrogens with zero attached hydrogens (tertiary/aromatic N) is 1. The van der Waals surface area contributed by atoms with Crippen LogP contribution in [0.25, 0.3) is 10.9 Å². The third-order valence-electron chi connectivity index (χ3n) is 3.27. The van der Waals surface area contributed by atoms with E-state index in [9.17, 15) is 0 Å². The molecule has 20 heavy (non-hydrogen) atoms. The van der Waals surface area contributed by atoms with E-state index in [1.165, 1.54) is 16.5 Å². The van der Waals surface area contributed by atoms with Gasteiger partial charge in [-0.1, -0.05) is 53.7 Å². The Bertz CT molecular complexity index is 542. The number of hydrogen-bond acceptors (Lipinski definition) is 1. The predicted molar refractivity (Wildman–Crippen MR) is 88.1 cm³/mol. The van der Waals surface area contributed by atoms with Crippen molar-refractivity contribution >= 4 is 10.9 Å². The minimum Gasteiger partial charge on any atom is -0.256 e. The molecule has 1 aromatic heterocycles. The lowest BCUT2D eigenvalue weighted by atomic mass is 9.87. The monoisotopic (exact) mass is 269 g/mol. The van der Waals surface area contributed by atoms with Crippen LogP contribution in [-0.4, -0.2) is 4.98 Å². The van der Waals surface area contributed by atoms with Gasteiger partial charge in [-0.25, -0.2) is 0 Å². The Labute approximate surface area is 123 Å². The maximum absolute atomic E-state index is 4.66. The summed E-state index contributed by atoms with van der Waals surface area (Å²) in [4.78, 5) is 4.66. The van der Waals surface area contributed by atoms with E-state index in [4.69, 9.17) is 0 Å². The van der Waals surface area contributed by atoms with Crippen LogP contribution in [-0.2, 0) is 12.8 Å². The van der Waals surface area contributed by atoms with Gasteiger partial charge >= 0.3 is 0 Å². The summed E-state index contributed by atoms with van der Waals surface area (Å²) in [5, 5.41) is 1.25. The Morgan fingerprint density at radius 2 is 1.40 bits per heavy atom. The van der Waals surface area contributed by atoms with Crippen molar-refractivity contribution in [3.05, 3.63) is 41.6 Å². The van der Waals surface area contributed by atoms with Gasteiger partial charge in [0.1, 0.15) is 0 Å². The predicted octanol–water partition coefficient (Wildman–Crippen LogP) is 5.41. The highest BCUT2D eigenvalue weighted by Crippen LogP contribution is 2.25. The lowest BCUT2D eigenvalue weighted by Crippen LogP contribution is -2.10. The molecular weight excluding hydrogens is 242 g/mol. The van der Waals surface area contributed by atoms with Crippen LogP contribution in [0.4, 0.5) is 0 Å². The van der Waals surface area contributed by atoms with E-state index in [1.54, 1.807) is 0 Å². The molecule has 0 amide bonds. The van der Waals surface area contributed by atoms with Crippen LogP contribution in [0.2, 0.25) is 0 Å². The van der Waals surface area contributed by atoms with E-state index in [0.717, 1.165) is 18.4 Å². The van der Waals surface area contributed by atoms with Gasteiger partial charge in [-0.2, -0.15) is 0 Å². The van der Waals surface area contributed by atoms with E-state index < -0.39 is 0 Å². The van der Waals surface area contributed by atoms with E-state index in [0.29, 0.717) is 10.8 Å². The fourth-order valence-corrected chi connectivity index (χ4v) is 2.64. The average Bonchev–Trinajstić information content (AvgIpc) is 2.25. The Balaban J connectivity index is 2.30. The van der Waals surface area contributed by atoms with E-state index in [-0.39, 0.29) is 0 Å². The average molecular weight is 269 g/mol. The van der Waals surface area contributed by atoms with Crippen LogP contribution >= 0.6 is 0 Å². The minimum absolute atomic E-state index is 0.307. The zero-order chi connectivity index (χ0) is 15.0. The molecule has 2 rings (SSSR count). The second-order valence-corrected chi connectivity index (χ2v) is 8.35. The third kappa shape index (κ3) is 4.33. The van der Waals surface area contributed by atoms with Crippen LogP contribution in [0.3, 0.4) is 0 Å². The van der Waals surface area contributed by atoms with Crippen molar-refractivity contribution in [3.63, 3.8) is 0 Å². The van der Waals surface area contributed by atoms with Crippen molar-refractivity contribution in [2.24, 2.45) is 10.8 Å². The molecule has 0 aliphatic heterocycles. The van der Waals surface area contributed by atoms with Crippen LogP contribution in [0.5, 0.6) is 0 Å². The summed E-state index contributed by atoms with van der Waals surface area (Å²) in [5.74, 6) is 0. The van der Waals surface area contributed by atoms with Crippen molar-refractivity contribution in [2.45, 2.75) is 54.4 Å². The molecule has 1 nitrogen and oxygen atoms in total. The van der Waals surface area contributed by atoms with Gasteiger partial charge in [0.15, 0.2) is 0 Å². The third-order valence-corrected chi connectivity index (χ3v) is 3.27. The molecule has 108 valence electrons. The van der Waals surface area contributed by atoms with Crippen LogP contribution in [0.1, 0.15) is 52.7 Å². The Morgan fingerprint density at radius 3 is 2.00 bits per heavy atom. The molecule has 0 atom stereocenters. The molecule has 0 unspecified atom stereocenters. The molecule has 1 aromatic carbocycles. The summed E-state index contributed by atoms with van der Waals surface area (Å²) >= 11 is 0. The SMILES string of the molecule is CC(C)(C)Cc1cnc2cc(CC(C)(C)C)ccc2c1. The number of fused-ring (bicyclic) bond motifs is 1. The molecule has 0 saturated carbocycles. The molecule has 0 saturated heterocycles. The molecule has 0 aliphatic rings. The number of hydrogen-bond donors (Lipinski definition) is 0. The molecule has 1 heteroatoms. The lowest BCUT2D eigenvalue weighted by molar-refractivity contribution is 0.410. The van der Waals surface area contributed by atoms with Gasteiger partial charge in [0.25, 0.3) is 0 Å². The number of pyridine rings is 1. The first-order valence-corrected chi connectivity index (χ1v) is 7.50. The molecule has 0 aliphatic carbocycles. The second-order valence-electron chi connectivity index (χ2n) is 8.35. The van der Waals surface area contributed by atoms with Gasteiger partial charge in [0.2, 0.25) is 0 Å². The molecule has 0 radical (unpaired) electrons. The first kappa shape index (κ1) is 15.0. The maximum atomic E-state index is 4.66. The highest BCUT2D eigenvalue weighted by molar-refractivity contribution is 5.79. The molecule has 0 spiro atoms. The largest absolute Gasteiger partial charge is 0.256 e. The summed E-state index contributed by atoms with van der Waals surface area (Å²) < 4.78 is 0. The lowest BCUT2D eigenvalue weighted by Gasteiger charge is -2.19. The minimum atomic E-state index is 0.307. The number of benzene rings is 1. The quantitative estimate of drug-likeness (QED) is 0.710. The van der Waals surface area contributed by atoms with Gasteiger partial charge in [-0.15, -0.1) is 0 Å². The first-order chi connectivity index (χ1) is 9.12. The highest BCUT2D eigenvalue weighted by Gasteiger charge is 2.13. The Kier molecular flexibility index (Phi) is 3.90. The van der Waals surface area contributed by atoms with Crippen molar-refractivity contribution in [1.82, 2.24) is 4.98 Å². The standard InChI is InChI=1S/C19H27N/c1-18(2,3)11-14-7-8-16-9-15(12-19(4,5)6)13-20-17(16)10-14/h7-10,13H,11-12H2,1-6H3. The van der Waals surface area contributed by atoms with Crippen molar-refractivity contribution in [3.8, 4) is 0 Å². The first-order valence-electron chi connectivity index (χ1n) is 7.50. The van der Waals surface area contributed by atoms with E-state index in [2.05, 4.69) is 70.8 Å². The second kappa shape index (κ2) is 5.20. The Hall–Kier alpha value is -1.37. The van der Waals surface area contributed by atoms with Crippen molar-refractivity contribution < 1.29 is 0 Å². The van der Waals surface area contributed by atoms with Crippen LogP contribution < -0.4 is 0 Å². The summed E-state index contributed by atoms with van der Waals surface area (Å²) in [5.41, 5.74) is 4.44. The number of rotatable bonds is 2. The van der Waals surface area contributed by atoms with E-state index in [1.807, 2.05) is 6.20 Å². The maximum Gasteiger partial charge on any atom is 0.0704 e. The smallest absolute Gasteiger partial charge is 0.0704 e. The highest BCUT2D eigenvalue weighted by atomic mass is 14.6. The molecule has 0 bridgehead atoms. The zero-order valence-electron chi connectivity index (χ0n) is 13.7. The van der Waals surface area contributed by atoms with Gasteiger partial charge in [0, 0.05) is 11.6 Å². The molecule has 0 fully saturated rings. The molecule has 1 heterocycles. The summed E-state index contributed by atoms with van der Waals surface area (Å²) in [6, 6.07) is 8.99. The van der Waals surface area contributed by atoms with Crippen molar-refractivity contribution in [1.29, 1.82) is 0 Å². The van der Waals surface area contributed by atoms with Crippen LogP contribution in [0.15, 0.2) is 30.5 Å². The summed E-state index contributed by atoms with van der Waals surface area (Å²) in [6.45, 7) is 13.6. The fourth-order valence-electron chi connectivity index (χ4n) is 2.64.